The lowest BCUT2D eigenvalue weighted by atomic mass is 9.77. The zero-order valence-electron chi connectivity index (χ0n) is 15.1. The quantitative estimate of drug-likeness (QED) is 0.394. The highest BCUT2D eigenvalue weighted by molar-refractivity contribution is 5.66. The van der Waals surface area contributed by atoms with E-state index in [4.69, 9.17) is 14.6 Å². The van der Waals surface area contributed by atoms with Gasteiger partial charge in [0.2, 0.25) is 0 Å². The fraction of sp³-hybridized carbons (Fsp3) is 0.850. The third-order valence-electron chi connectivity index (χ3n) is 5.41. The van der Waals surface area contributed by atoms with Crippen molar-refractivity contribution in [3.63, 3.8) is 0 Å². The van der Waals surface area contributed by atoms with E-state index in [-0.39, 0.29) is 0 Å². The third kappa shape index (κ3) is 6.21. The van der Waals surface area contributed by atoms with Gasteiger partial charge in [-0.05, 0) is 38.0 Å². The summed E-state index contributed by atoms with van der Waals surface area (Å²) >= 11 is 0. The Morgan fingerprint density at radius 1 is 1.12 bits per heavy atom. The molecule has 0 amide bonds. The van der Waals surface area contributed by atoms with E-state index >= 15 is 0 Å². The van der Waals surface area contributed by atoms with Gasteiger partial charge in [-0.2, -0.15) is 0 Å². The van der Waals surface area contributed by atoms with Crippen molar-refractivity contribution in [2.24, 2.45) is 11.8 Å². The van der Waals surface area contributed by atoms with Gasteiger partial charge in [0, 0.05) is 12.3 Å². The maximum atomic E-state index is 10.5. The number of unbranched alkanes of at least 4 members (excludes halogenated alkanes) is 4. The van der Waals surface area contributed by atoms with Crippen molar-refractivity contribution >= 4 is 5.97 Å². The van der Waals surface area contributed by atoms with Crippen LogP contribution in [0, 0.1) is 11.8 Å². The zero-order chi connectivity index (χ0) is 17.2. The van der Waals surface area contributed by atoms with Crippen molar-refractivity contribution in [3.8, 4) is 0 Å². The summed E-state index contributed by atoms with van der Waals surface area (Å²) in [6.07, 6.45) is 15.6. The molecule has 4 atom stereocenters. The largest absolute Gasteiger partial charge is 0.481 e. The van der Waals surface area contributed by atoms with Gasteiger partial charge in [-0.1, -0.05) is 44.8 Å². The first kappa shape index (κ1) is 19.5. The summed E-state index contributed by atoms with van der Waals surface area (Å²) in [5.41, 5.74) is 0. The monoisotopic (exact) mass is 338 g/mol. The van der Waals surface area contributed by atoms with Crippen LogP contribution in [0.1, 0.15) is 71.1 Å². The van der Waals surface area contributed by atoms with Crippen LogP contribution < -0.4 is 0 Å². The number of aliphatic carboxylic acids is 1. The van der Waals surface area contributed by atoms with E-state index in [0.29, 0.717) is 30.5 Å². The number of hydrogen-bond donors (Lipinski definition) is 1. The molecule has 0 saturated carbocycles. The Balaban J connectivity index is 1.63. The number of rotatable bonds is 13. The average Bonchev–Trinajstić information content (AvgIpc) is 3.15. The lowest BCUT2D eigenvalue weighted by Crippen LogP contribution is -2.31. The molecule has 2 aliphatic heterocycles. The summed E-state index contributed by atoms with van der Waals surface area (Å²) in [7, 11) is 0. The molecule has 138 valence electrons. The first-order valence-corrected chi connectivity index (χ1v) is 9.82. The van der Waals surface area contributed by atoms with E-state index in [1.807, 2.05) is 0 Å². The highest BCUT2D eigenvalue weighted by Crippen LogP contribution is 2.45. The second-order valence-corrected chi connectivity index (χ2v) is 7.26. The topological polar surface area (TPSA) is 55.8 Å². The molecule has 0 radical (unpaired) electrons. The first-order chi connectivity index (χ1) is 11.7. The summed E-state index contributed by atoms with van der Waals surface area (Å²) in [5.74, 6) is 0.520. The average molecular weight is 338 g/mol. The van der Waals surface area contributed by atoms with E-state index in [2.05, 4.69) is 19.1 Å². The van der Waals surface area contributed by atoms with Crippen LogP contribution in [0.3, 0.4) is 0 Å². The molecular weight excluding hydrogens is 304 g/mol. The standard InChI is InChI=1S/C20H34O4/c1-2-3-4-9-14-23-15-17-16(18-12-13-19(17)24-18)10-7-5-6-8-11-20(21)22/h4,9,16-19H,2-3,5-8,10-15H2,1H3,(H,21,22)/t16-,17+,18-,19+/m1/s1. The molecule has 2 fully saturated rings. The van der Waals surface area contributed by atoms with Crippen LogP contribution in [0.2, 0.25) is 0 Å². The molecule has 0 unspecified atom stereocenters. The van der Waals surface area contributed by atoms with Gasteiger partial charge in [-0.3, -0.25) is 4.79 Å². The molecule has 0 aliphatic carbocycles. The molecule has 0 spiro atoms. The van der Waals surface area contributed by atoms with Gasteiger partial charge < -0.3 is 14.6 Å². The molecule has 1 N–H and O–H groups in total. The van der Waals surface area contributed by atoms with Crippen LogP contribution in [0.4, 0.5) is 0 Å². The molecule has 2 rings (SSSR count). The van der Waals surface area contributed by atoms with E-state index in [0.717, 1.165) is 38.9 Å². The number of carbonyl (C=O) groups is 1. The zero-order valence-corrected chi connectivity index (χ0v) is 15.1. The minimum absolute atomic E-state index is 0.305. The Kier molecular flexibility index (Phi) is 8.82. The smallest absolute Gasteiger partial charge is 0.303 e. The first-order valence-electron chi connectivity index (χ1n) is 9.82. The number of allylic oxidation sites excluding steroid dienone is 1. The number of carboxylic acid groups (broad SMARTS) is 1. The lowest BCUT2D eigenvalue weighted by Gasteiger charge is -2.27. The van der Waals surface area contributed by atoms with E-state index in [9.17, 15) is 4.79 Å². The van der Waals surface area contributed by atoms with Crippen molar-refractivity contribution < 1.29 is 19.4 Å². The third-order valence-corrected chi connectivity index (χ3v) is 5.41. The summed E-state index contributed by atoms with van der Waals surface area (Å²) in [4.78, 5) is 10.5. The normalized spacial score (nSPS) is 28.9. The van der Waals surface area contributed by atoms with Gasteiger partial charge in [0.1, 0.15) is 0 Å². The highest BCUT2D eigenvalue weighted by Gasteiger charge is 2.48. The lowest BCUT2D eigenvalue weighted by molar-refractivity contribution is -0.137. The summed E-state index contributed by atoms with van der Waals surface area (Å²) < 4.78 is 12.0. The molecule has 4 nitrogen and oxygen atoms in total. The van der Waals surface area contributed by atoms with Crippen molar-refractivity contribution in [3.05, 3.63) is 12.2 Å². The number of fused-ring (bicyclic) bond motifs is 2. The van der Waals surface area contributed by atoms with Gasteiger partial charge in [0.25, 0.3) is 0 Å². The predicted molar refractivity (Wildman–Crippen MR) is 95.1 cm³/mol. The molecule has 0 aromatic rings. The van der Waals surface area contributed by atoms with Crippen LogP contribution in [-0.2, 0) is 14.3 Å². The molecule has 2 bridgehead atoms. The van der Waals surface area contributed by atoms with Gasteiger partial charge in [-0.25, -0.2) is 0 Å². The van der Waals surface area contributed by atoms with Crippen molar-refractivity contribution in [2.45, 2.75) is 83.3 Å². The Morgan fingerprint density at radius 3 is 2.62 bits per heavy atom. The predicted octanol–water partition coefficient (Wildman–Crippen LogP) is 4.58. The maximum Gasteiger partial charge on any atom is 0.303 e. The molecule has 4 heteroatoms. The molecule has 0 aromatic heterocycles. The van der Waals surface area contributed by atoms with Gasteiger partial charge in [0.05, 0.1) is 25.4 Å². The Labute approximate surface area is 146 Å². The van der Waals surface area contributed by atoms with E-state index in [1.165, 1.54) is 32.1 Å². The molecular formula is C20H34O4. The Morgan fingerprint density at radius 2 is 1.88 bits per heavy atom. The van der Waals surface area contributed by atoms with Gasteiger partial charge >= 0.3 is 5.97 Å². The fourth-order valence-electron chi connectivity index (χ4n) is 4.14. The Hall–Kier alpha value is -0.870. The molecule has 2 saturated heterocycles. The van der Waals surface area contributed by atoms with Crippen LogP contribution >= 0.6 is 0 Å². The summed E-state index contributed by atoms with van der Waals surface area (Å²) in [5, 5.41) is 8.66. The second-order valence-electron chi connectivity index (χ2n) is 7.26. The summed E-state index contributed by atoms with van der Waals surface area (Å²) in [6.45, 7) is 3.72. The SMILES string of the molecule is CCCC=CCOC[C@H]1[C@@H](CCCCCCC(=O)O)[C@H]2CC[C@@H]1O2. The second kappa shape index (κ2) is 10.9. The highest BCUT2D eigenvalue weighted by atomic mass is 16.5. The Bertz CT molecular complexity index is 393. The van der Waals surface area contributed by atoms with Crippen LogP contribution in [0.15, 0.2) is 12.2 Å². The molecule has 0 aromatic carbocycles. The van der Waals surface area contributed by atoms with Crippen molar-refractivity contribution in [1.29, 1.82) is 0 Å². The van der Waals surface area contributed by atoms with Crippen LogP contribution in [0.5, 0.6) is 0 Å². The maximum absolute atomic E-state index is 10.5. The minimum atomic E-state index is -0.679. The summed E-state index contributed by atoms with van der Waals surface area (Å²) in [6, 6.07) is 0. The van der Waals surface area contributed by atoms with Gasteiger partial charge in [-0.15, -0.1) is 0 Å². The van der Waals surface area contributed by atoms with E-state index < -0.39 is 5.97 Å². The van der Waals surface area contributed by atoms with Crippen LogP contribution in [0.25, 0.3) is 0 Å². The van der Waals surface area contributed by atoms with Gasteiger partial charge in [0.15, 0.2) is 0 Å². The van der Waals surface area contributed by atoms with Crippen LogP contribution in [-0.4, -0.2) is 36.5 Å². The molecule has 2 aliphatic rings. The number of carboxylic acids is 1. The fourth-order valence-corrected chi connectivity index (χ4v) is 4.14. The van der Waals surface area contributed by atoms with Crippen molar-refractivity contribution in [2.75, 3.05) is 13.2 Å². The molecule has 24 heavy (non-hydrogen) atoms. The van der Waals surface area contributed by atoms with E-state index in [1.54, 1.807) is 0 Å². The minimum Gasteiger partial charge on any atom is -0.481 e. The number of ether oxygens (including phenoxy) is 2. The van der Waals surface area contributed by atoms with Crippen molar-refractivity contribution in [1.82, 2.24) is 0 Å². The number of hydrogen-bond acceptors (Lipinski definition) is 3. The molecule has 2 heterocycles.